The fourth-order valence-corrected chi connectivity index (χ4v) is 8.36. The number of hydrogen-bond donors (Lipinski definition) is 0. The molecular weight excluding hydrogens is 617 g/mol. The Kier molecular flexibility index (Phi) is 6.56. The zero-order valence-corrected chi connectivity index (χ0v) is 28.6. The van der Waals surface area contributed by atoms with Crippen LogP contribution in [0.1, 0.15) is 25.0 Å². The second-order valence-corrected chi connectivity index (χ2v) is 14.2. The number of hydrogen-bond acceptors (Lipinski definition) is 2. The van der Waals surface area contributed by atoms with Gasteiger partial charge in [-0.05, 0) is 83.9 Å². The van der Waals surface area contributed by atoms with Crippen molar-refractivity contribution >= 4 is 32.3 Å². The van der Waals surface area contributed by atoms with E-state index in [2.05, 4.69) is 178 Å². The minimum absolute atomic E-state index is 0.154. The van der Waals surface area contributed by atoms with Crippen LogP contribution in [0, 0.1) is 0 Å². The Labute approximate surface area is 297 Å². The van der Waals surface area contributed by atoms with Gasteiger partial charge in [0.1, 0.15) is 0 Å². The summed E-state index contributed by atoms with van der Waals surface area (Å²) in [5.41, 5.74) is 12.6. The van der Waals surface area contributed by atoms with E-state index in [1.165, 1.54) is 65.7 Å². The van der Waals surface area contributed by atoms with Gasteiger partial charge in [-0.15, -0.1) is 0 Å². The summed E-state index contributed by atoms with van der Waals surface area (Å²) < 4.78 is 0. The Morgan fingerprint density at radius 1 is 0.373 bits per heavy atom. The third-order valence-electron chi connectivity index (χ3n) is 10.8. The first-order valence-electron chi connectivity index (χ1n) is 17.7. The van der Waals surface area contributed by atoms with Gasteiger partial charge in [-0.25, -0.2) is 9.97 Å². The molecule has 0 bridgehead atoms. The first-order chi connectivity index (χ1) is 25.0. The fraction of sp³-hybridized carbons (Fsp3) is 0.0612. The summed E-state index contributed by atoms with van der Waals surface area (Å²) in [5, 5.41) is 7.60. The molecule has 0 unspecified atom stereocenters. The highest BCUT2D eigenvalue weighted by molar-refractivity contribution is 6.15. The largest absolute Gasteiger partial charge is 0.228 e. The molecule has 0 saturated carbocycles. The maximum atomic E-state index is 5.24. The Morgan fingerprint density at radius 2 is 1.02 bits per heavy atom. The predicted molar refractivity (Wildman–Crippen MR) is 214 cm³/mol. The standard InChI is InChI=1S/C49H34N2/c1-49(2)44-21-9-8-16-40(44)41-19-11-20-42(47(41)49)46-30-45(50-48(51-46)33-12-4-3-5-13-33)32-24-22-31(23-25-32)37-17-10-18-38-39(37)27-26-36-28-34-14-6-7-15-35(34)29-43(36)38/h3-30H,1-2H3. The molecule has 0 amide bonds. The topological polar surface area (TPSA) is 25.8 Å². The van der Waals surface area contributed by atoms with Crippen molar-refractivity contribution in [2.45, 2.75) is 19.3 Å². The summed E-state index contributed by atoms with van der Waals surface area (Å²) in [4.78, 5) is 10.4. The molecule has 0 aliphatic heterocycles. The molecule has 1 aliphatic rings. The van der Waals surface area contributed by atoms with Crippen molar-refractivity contribution in [3.8, 4) is 56.2 Å². The van der Waals surface area contributed by atoms with Gasteiger partial charge in [-0.1, -0.05) is 166 Å². The molecule has 1 aliphatic carbocycles. The second-order valence-electron chi connectivity index (χ2n) is 14.2. The van der Waals surface area contributed by atoms with E-state index in [1.807, 2.05) is 6.07 Å². The van der Waals surface area contributed by atoms with Crippen molar-refractivity contribution in [2.24, 2.45) is 0 Å². The minimum atomic E-state index is -0.154. The molecule has 0 atom stereocenters. The monoisotopic (exact) mass is 650 g/mol. The van der Waals surface area contributed by atoms with E-state index in [-0.39, 0.29) is 5.41 Å². The molecule has 0 saturated heterocycles. The van der Waals surface area contributed by atoms with Gasteiger partial charge < -0.3 is 0 Å². The molecule has 2 nitrogen and oxygen atoms in total. The summed E-state index contributed by atoms with van der Waals surface area (Å²) in [6, 6.07) is 61.3. The highest BCUT2D eigenvalue weighted by Crippen LogP contribution is 2.52. The van der Waals surface area contributed by atoms with Crippen molar-refractivity contribution in [1.82, 2.24) is 9.97 Å². The second kappa shape index (κ2) is 11.3. The molecule has 0 fully saturated rings. The van der Waals surface area contributed by atoms with Gasteiger partial charge in [-0.3, -0.25) is 0 Å². The van der Waals surface area contributed by atoms with Crippen molar-refractivity contribution in [1.29, 1.82) is 0 Å². The van der Waals surface area contributed by atoms with E-state index in [0.29, 0.717) is 0 Å². The Morgan fingerprint density at radius 3 is 1.86 bits per heavy atom. The average Bonchev–Trinajstić information content (AvgIpc) is 3.43. The number of nitrogens with zero attached hydrogens (tertiary/aromatic N) is 2. The number of aromatic nitrogens is 2. The van der Waals surface area contributed by atoms with E-state index in [1.54, 1.807) is 0 Å². The van der Waals surface area contributed by atoms with Crippen molar-refractivity contribution in [2.75, 3.05) is 0 Å². The zero-order valence-electron chi connectivity index (χ0n) is 28.6. The van der Waals surface area contributed by atoms with E-state index >= 15 is 0 Å². The quantitative estimate of drug-likeness (QED) is 0.140. The third-order valence-corrected chi connectivity index (χ3v) is 10.8. The van der Waals surface area contributed by atoms with E-state index in [0.717, 1.165) is 33.9 Å². The van der Waals surface area contributed by atoms with E-state index < -0.39 is 0 Å². The highest BCUT2D eigenvalue weighted by atomic mass is 14.9. The van der Waals surface area contributed by atoms with E-state index in [4.69, 9.17) is 9.97 Å². The fourth-order valence-electron chi connectivity index (χ4n) is 8.36. The Hall–Kier alpha value is -6.38. The molecule has 0 N–H and O–H groups in total. The van der Waals surface area contributed by atoms with Crippen molar-refractivity contribution in [3.05, 3.63) is 181 Å². The lowest BCUT2D eigenvalue weighted by Gasteiger charge is -2.24. The van der Waals surface area contributed by atoms with Crippen LogP contribution in [0.25, 0.3) is 88.5 Å². The maximum absolute atomic E-state index is 5.24. The third kappa shape index (κ3) is 4.71. The molecule has 2 heteroatoms. The Balaban J connectivity index is 1.10. The molecule has 1 aromatic heterocycles. The molecule has 8 aromatic carbocycles. The number of rotatable bonds is 4. The van der Waals surface area contributed by atoms with Crippen LogP contribution < -0.4 is 0 Å². The van der Waals surface area contributed by atoms with Crippen molar-refractivity contribution < 1.29 is 0 Å². The van der Waals surface area contributed by atoms with Gasteiger partial charge in [0.25, 0.3) is 0 Å². The highest BCUT2D eigenvalue weighted by Gasteiger charge is 2.37. The number of benzene rings is 8. The lowest BCUT2D eigenvalue weighted by Crippen LogP contribution is -2.16. The van der Waals surface area contributed by atoms with Gasteiger partial charge >= 0.3 is 0 Å². The van der Waals surface area contributed by atoms with Gasteiger partial charge in [-0.2, -0.15) is 0 Å². The smallest absolute Gasteiger partial charge is 0.160 e. The van der Waals surface area contributed by atoms with Crippen LogP contribution in [0.3, 0.4) is 0 Å². The first kappa shape index (κ1) is 29.5. The summed E-state index contributed by atoms with van der Waals surface area (Å²) in [7, 11) is 0. The Bertz CT molecular complexity index is 2810. The normalized spacial score (nSPS) is 13.1. The lowest BCUT2D eigenvalue weighted by atomic mass is 9.79. The van der Waals surface area contributed by atoms with Crippen LogP contribution >= 0.6 is 0 Å². The summed E-state index contributed by atoms with van der Waals surface area (Å²) in [6.07, 6.45) is 0. The summed E-state index contributed by atoms with van der Waals surface area (Å²) in [6.45, 7) is 4.66. The lowest BCUT2D eigenvalue weighted by molar-refractivity contribution is 0.662. The molecule has 10 rings (SSSR count). The molecule has 9 aromatic rings. The van der Waals surface area contributed by atoms with Crippen LogP contribution in [-0.2, 0) is 5.41 Å². The zero-order chi connectivity index (χ0) is 34.1. The molecular formula is C49H34N2. The summed E-state index contributed by atoms with van der Waals surface area (Å²) >= 11 is 0. The van der Waals surface area contributed by atoms with Gasteiger partial charge in [0.2, 0.25) is 0 Å². The molecule has 0 radical (unpaired) electrons. The van der Waals surface area contributed by atoms with E-state index in [9.17, 15) is 0 Å². The maximum Gasteiger partial charge on any atom is 0.160 e. The van der Waals surface area contributed by atoms with Crippen LogP contribution in [0.15, 0.2) is 170 Å². The van der Waals surface area contributed by atoms with Gasteiger partial charge in [0, 0.05) is 22.1 Å². The number of fused-ring (bicyclic) bond motifs is 7. The predicted octanol–water partition coefficient (Wildman–Crippen LogP) is 12.9. The van der Waals surface area contributed by atoms with Gasteiger partial charge in [0.15, 0.2) is 5.82 Å². The SMILES string of the molecule is CC1(C)c2ccccc2-c2cccc(-c3cc(-c4ccc(-c5cccc6c5ccc5cc7ccccc7cc56)cc4)nc(-c4ccccc4)n3)c21. The minimum Gasteiger partial charge on any atom is -0.228 e. The van der Waals surface area contributed by atoms with Crippen LogP contribution in [0.2, 0.25) is 0 Å². The van der Waals surface area contributed by atoms with Crippen molar-refractivity contribution in [3.63, 3.8) is 0 Å². The van der Waals surface area contributed by atoms with Crippen LogP contribution in [0.5, 0.6) is 0 Å². The first-order valence-corrected chi connectivity index (χ1v) is 17.7. The summed E-state index contributed by atoms with van der Waals surface area (Å²) in [5.74, 6) is 0.728. The molecule has 51 heavy (non-hydrogen) atoms. The van der Waals surface area contributed by atoms with Gasteiger partial charge in [0.05, 0.1) is 11.4 Å². The van der Waals surface area contributed by atoms with Crippen LogP contribution in [-0.4, -0.2) is 9.97 Å². The molecule has 240 valence electrons. The van der Waals surface area contributed by atoms with Crippen LogP contribution in [0.4, 0.5) is 0 Å². The molecule has 0 spiro atoms. The molecule has 1 heterocycles. The average molecular weight is 651 g/mol.